The standard InChI is InChI=1S/C15H24N2O/c1-5-13-8-17(9-13)15(18)16-7-6-12(4)14(10-16)11(2)3/h1,11-14H,6-10H2,2-4H3. The number of terminal acetylenes is 1. The van der Waals surface area contributed by atoms with Gasteiger partial charge in [0.1, 0.15) is 0 Å². The van der Waals surface area contributed by atoms with E-state index in [-0.39, 0.29) is 11.9 Å². The maximum atomic E-state index is 12.3. The van der Waals surface area contributed by atoms with E-state index in [1.165, 1.54) is 0 Å². The molecule has 0 aromatic carbocycles. The molecule has 2 fully saturated rings. The molecule has 3 heteroatoms. The van der Waals surface area contributed by atoms with Gasteiger partial charge in [0.2, 0.25) is 0 Å². The molecule has 0 aromatic rings. The normalized spacial score (nSPS) is 29.1. The highest BCUT2D eigenvalue weighted by molar-refractivity contribution is 5.75. The average Bonchev–Trinajstić information content (AvgIpc) is 2.27. The number of nitrogens with zero attached hydrogens (tertiary/aromatic N) is 2. The summed E-state index contributed by atoms with van der Waals surface area (Å²) < 4.78 is 0. The van der Waals surface area contributed by atoms with E-state index < -0.39 is 0 Å². The van der Waals surface area contributed by atoms with Crippen LogP contribution in [0.25, 0.3) is 0 Å². The third kappa shape index (κ3) is 2.48. The molecule has 0 saturated carbocycles. The summed E-state index contributed by atoms with van der Waals surface area (Å²) in [6, 6.07) is 0.194. The van der Waals surface area contributed by atoms with E-state index in [1.54, 1.807) is 0 Å². The van der Waals surface area contributed by atoms with Gasteiger partial charge in [0.25, 0.3) is 0 Å². The molecule has 3 nitrogen and oxygen atoms in total. The first-order valence-corrected chi connectivity index (χ1v) is 7.03. The van der Waals surface area contributed by atoms with E-state index in [4.69, 9.17) is 6.42 Å². The monoisotopic (exact) mass is 248 g/mol. The topological polar surface area (TPSA) is 23.6 Å². The Balaban J connectivity index is 1.90. The predicted octanol–water partition coefficient (Wildman–Crippen LogP) is 2.29. The number of carbonyl (C=O) groups excluding carboxylic acids is 1. The largest absolute Gasteiger partial charge is 0.324 e. The molecule has 0 spiro atoms. The van der Waals surface area contributed by atoms with Crippen LogP contribution in [0.4, 0.5) is 4.79 Å². The smallest absolute Gasteiger partial charge is 0.320 e. The molecule has 0 N–H and O–H groups in total. The quantitative estimate of drug-likeness (QED) is 0.653. The van der Waals surface area contributed by atoms with Crippen LogP contribution in [-0.4, -0.2) is 42.0 Å². The van der Waals surface area contributed by atoms with Crippen molar-refractivity contribution in [3.05, 3.63) is 0 Å². The molecule has 0 radical (unpaired) electrons. The Hall–Kier alpha value is -1.17. The molecule has 2 aliphatic rings. The summed E-state index contributed by atoms with van der Waals surface area (Å²) in [5, 5.41) is 0. The average molecular weight is 248 g/mol. The highest BCUT2D eigenvalue weighted by Gasteiger charge is 2.36. The van der Waals surface area contributed by atoms with Crippen LogP contribution in [0.5, 0.6) is 0 Å². The van der Waals surface area contributed by atoms with Crippen LogP contribution < -0.4 is 0 Å². The van der Waals surface area contributed by atoms with Crippen molar-refractivity contribution in [2.75, 3.05) is 26.2 Å². The number of hydrogen-bond acceptors (Lipinski definition) is 1. The zero-order chi connectivity index (χ0) is 13.3. The van der Waals surface area contributed by atoms with Crippen LogP contribution in [0, 0.1) is 36.0 Å². The summed E-state index contributed by atoms with van der Waals surface area (Å²) in [6.07, 6.45) is 6.48. The van der Waals surface area contributed by atoms with Crippen LogP contribution in [-0.2, 0) is 0 Å². The van der Waals surface area contributed by atoms with Gasteiger partial charge in [0.15, 0.2) is 0 Å². The van der Waals surface area contributed by atoms with Crippen LogP contribution in [0.1, 0.15) is 27.2 Å². The van der Waals surface area contributed by atoms with Gasteiger partial charge in [-0.15, -0.1) is 6.42 Å². The molecule has 2 unspecified atom stereocenters. The highest BCUT2D eigenvalue weighted by Crippen LogP contribution is 2.30. The van der Waals surface area contributed by atoms with Crippen LogP contribution >= 0.6 is 0 Å². The molecule has 2 heterocycles. The van der Waals surface area contributed by atoms with E-state index in [0.29, 0.717) is 11.8 Å². The van der Waals surface area contributed by atoms with Crippen LogP contribution in [0.15, 0.2) is 0 Å². The number of likely N-dealkylation sites (tertiary alicyclic amines) is 2. The summed E-state index contributed by atoms with van der Waals surface area (Å²) in [7, 11) is 0. The Labute approximate surface area is 111 Å². The second kappa shape index (κ2) is 5.22. The van der Waals surface area contributed by atoms with Crippen molar-refractivity contribution in [1.82, 2.24) is 9.80 Å². The fraction of sp³-hybridized carbons (Fsp3) is 0.800. The third-order valence-corrected chi connectivity index (χ3v) is 4.53. The number of amides is 2. The Kier molecular flexibility index (Phi) is 3.85. The molecule has 2 amide bonds. The van der Waals surface area contributed by atoms with Crippen molar-refractivity contribution >= 4 is 6.03 Å². The summed E-state index contributed by atoms with van der Waals surface area (Å²) in [5.41, 5.74) is 0. The van der Waals surface area contributed by atoms with E-state index in [9.17, 15) is 4.79 Å². The summed E-state index contributed by atoms with van der Waals surface area (Å²) in [5.74, 6) is 4.99. The second-order valence-electron chi connectivity index (χ2n) is 6.17. The molecular formula is C15H24N2O. The first kappa shape index (κ1) is 13.3. The molecule has 0 bridgehead atoms. The minimum absolute atomic E-state index is 0.194. The maximum absolute atomic E-state index is 12.3. The molecule has 2 aliphatic heterocycles. The second-order valence-corrected chi connectivity index (χ2v) is 6.17. The summed E-state index contributed by atoms with van der Waals surface area (Å²) in [4.78, 5) is 16.2. The van der Waals surface area contributed by atoms with Gasteiger partial charge in [-0.25, -0.2) is 4.79 Å². The van der Waals surface area contributed by atoms with Gasteiger partial charge in [0, 0.05) is 26.2 Å². The molecule has 2 saturated heterocycles. The predicted molar refractivity (Wildman–Crippen MR) is 73.0 cm³/mol. The highest BCUT2D eigenvalue weighted by atomic mass is 16.2. The fourth-order valence-electron chi connectivity index (χ4n) is 3.08. The van der Waals surface area contributed by atoms with Crippen molar-refractivity contribution in [3.63, 3.8) is 0 Å². The van der Waals surface area contributed by atoms with E-state index in [0.717, 1.165) is 38.5 Å². The lowest BCUT2D eigenvalue weighted by Crippen LogP contribution is -2.57. The first-order valence-electron chi connectivity index (χ1n) is 7.03. The minimum atomic E-state index is 0.194. The maximum Gasteiger partial charge on any atom is 0.320 e. The van der Waals surface area contributed by atoms with Gasteiger partial charge in [-0.05, 0) is 24.2 Å². The van der Waals surface area contributed by atoms with Gasteiger partial charge < -0.3 is 9.80 Å². The minimum Gasteiger partial charge on any atom is -0.324 e. The van der Waals surface area contributed by atoms with E-state index in [1.807, 2.05) is 9.80 Å². The van der Waals surface area contributed by atoms with Crippen molar-refractivity contribution in [2.24, 2.45) is 23.7 Å². The zero-order valence-corrected chi connectivity index (χ0v) is 11.7. The number of hydrogen-bond donors (Lipinski definition) is 0. The van der Waals surface area contributed by atoms with Crippen molar-refractivity contribution in [1.29, 1.82) is 0 Å². The molecule has 2 atom stereocenters. The van der Waals surface area contributed by atoms with Gasteiger partial charge in [-0.3, -0.25) is 0 Å². The number of rotatable bonds is 1. The van der Waals surface area contributed by atoms with Crippen molar-refractivity contribution < 1.29 is 4.79 Å². The van der Waals surface area contributed by atoms with E-state index >= 15 is 0 Å². The molecule has 0 aliphatic carbocycles. The Morgan fingerprint density at radius 2 is 1.94 bits per heavy atom. The molecule has 2 rings (SSSR count). The molecule has 100 valence electrons. The molecule has 18 heavy (non-hydrogen) atoms. The fourth-order valence-corrected chi connectivity index (χ4v) is 3.08. The van der Waals surface area contributed by atoms with Crippen molar-refractivity contribution in [3.8, 4) is 12.3 Å². The summed E-state index contributed by atoms with van der Waals surface area (Å²) >= 11 is 0. The lowest BCUT2D eigenvalue weighted by atomic mass is 9.80. The van der Waals surface area contributed by atoms with Gasteiger partial charge in [-0.2, -0.15) is 0 Å². The first-order chi connectivity index (χ1) is 8.52. The van der Waals surface area contributed by atoms with Gasteiger partial charge in [-0.1, -0.05) is 26.7 Å². The van der Waals surface area contributed by atoms with Crippen LogP contribution in [0.2, 0.25) is 0 Å². The summed E-state index contributed by atoms with van der Waals surface area (Å²) in [6.45, 7) is 10.1. The number of urea groups is 1. The molecular weight excluding hydrogens is 224 g/mol. The number of carbonyl (C=O) groups is 1. The zero-order valence-electron chi connectivity index (χ0n) is 11.7. The third-order valence-electron chi connectivity index (χ3n) is 4.53. The Morgan fingerprint density at radius 3 is 2.50 bits per heavy atom. The Morgan fingerprint density at radius 1 is 1.28 bits per heavy atom. The number of piperidine rings is 1. The van der Waals surface area contributed by atoms with Gasteiger partial charge >= 0.3 is 6.03 Å². The van der Waals surface area contributed by atoms with Gasteiger partial charge in [0.05, 0.1) is 5.92 Å². The van der Waals surface area contributed by atoms with E-state index in [2.05, 4.69) is 26.7 Å². The van der Waals surface area contributed by atoms with Crippen molar-refractivity contribution in [2.45, 2.75) is 27.2 Å². The molecule has 0 aromatic heterocycles. The van der Waals surface area contributed by atoms with Crippen LogP contribution in [0.3, 0.4) is 0 Å². The lowest BCUT2D eigenvalue weighted by Gasteiger charge is -2.44. The SMILES string of the molecule is C#CC1CN(C(=O)N2CCC(C)C(C(C)C)C2)C1. The lowest BCUT2D eigenvalue weighted by molar-refractivity contribution is 0.0691. The Bertz CT molecular complexity index is 352.